The Morgan fingerprint density at radius 3 is 2.00 bits per heavy atom. The average Bonchev–Trinajstić information content (AvgIpc) is 2.29. The lowest BCUT2D eigenvalue weighted by Gasteiger charge is -2.29. The molecule has 0 heterocycles. The van der Waals surface area contributed by atoms with Crippen LogP contribution in [0.15, 0.2) is 0 Å². The number of carbonyl (C=O) groups is 2. The van der Waals surface area contributed by atoms with Crippen molar-refractivity contribution < 1.29 is 9.59 Å². The van der Waals surface area contributed by atoms with Crippen LogP contribution >= 0.6 is 11.6 Å². The number of likely N-dealkylation sites (N-methyl/N-ethyl adjacent to an activating group) is 2. The minimum absolute atomic E-state index is 0.0313. The van der Waals surface area contributed by atoms with Gasteiger partial charge in [-0.2, -0.15) is 0 Å². The molecule has 0 radical (unpaired) electrons. The van der Waals surface area contributed by atoms with Crippen molar-refractivity contribution in [3.63, 3.8) is 0 Å². The monoisotopic (exact) mass is 262 g/mol. The van der Waals surface area contributed by atoms with E-state index in [1.165, 1.54) is 4.90 Å². The van der Waals surface area contributed by atoms with Crippen molar-refractivity contribution in [3.05, 3.63) is 0 Å². The van der Waals surface area contributed by atoms with E-state index in [-0.39, 0.29) is 24.2 Å². The third-order valence-corrected chi connectivity index (χ3v) is 3.42. The first-order chi connectivity index (χ1) is 7.80. The van der Waals surface area contributed by atoms with E-state index >= 15 is 0 Å². The molecule has 0 aliphatic heterocycles. The van der Waals surface area contributed by atoms with Gasteiger partial charge in [0.1, 0.15) is 0 Å². The topological polar surface area (TPSA) is 40.6 Å². The van der Waals surface area contributed by atoms with Crippen LogP contribution in [0.2, 0.25) is 0 Å². The van der Waals surface area contributed by atoms with Crippen molar-refractivity contribution >= 4 is 23.4 Å². The number of nitrogens with zero attached hydrogens (tertiary/aromatic N) is 2. The molecule has 0 spiro atoms. The van der Waals surface area contributed by atoms with Crippen molar-refractivity contribution in [1.29, 1.82) is 0 Å². The molecule has 5 heteroatoms. The standard InChI is InChI=1S/C12H23ClN2O2/c1-6-15(7-2)10(16)8-14(5)11(17)12(3,4)9-13/h6-9H2,1-5H3. The Morgan fingerprint density at radius 2 is 1.65 bits per heavy atom. The number of alkyl halides is 1. The first-order valence-electron chi connectivity index (χ1n) is 5.89. The van der Waals surface area contributed by atoms with Crippen LogP contribution in [-0.2, 0) is 9.59 Å². The largest absolute Gasteiger partial charge is 0.342 e. The van der Waals surface area contributed by atoms with Gasteiger partial charge < -0.3 is 9.80 Å². The minimum atomic E-state index is -0.625. The zero-order valence-electron chi connectivity index (χ0n) is 11.4. The van der Waals surface area contributed by atoms with Gasteiger partial charge in [0.15, 0.2) is 0 Å². The van der Waals surface area contributed by atoms with Crippen LogP contribution in [0.4, 0.5) is 0 Å². The summed E-state index contributed by atoms with van der Waals surface area (Å²) in [5, 5.41) is 0. The van der Waals surface area contributed by atoms with E-state index in [9.17, 15) is 9.59 Å². The van der Waals surface area contributed by atoms with Crippen LogP contribution in [-0.4, -0.2) is 54.2 Å². The second kappa shape index (κ2) is 6.84. The molecule has 0 aliphatic rings. The average molecular weight is 263 g/mol. The summed E-state index contributed by atoms with van der Waals surface area (Å²) in [4.78, 5) is 27.0. The summed E-state index contributed by atoms with van der Waals surface area (Å²) in [7, 11) is 1.64. The van der Waals surface area contributed by atoms with Gasteiger partial charge in [-0.1, -0.05) is 0 Å². The fraction of sp³-hybridized carbons (Fsp3) is 0.833. The van der Waals surface area contributed by atoms with Crippen LogP contribution in [0.3, 0.4) is 0 Å². The molecule has 2 amide bonds. The van der Waals surface area contributed by atoms with Gasteiger partial charge in [-0.25, -0.2) is 0 Å². The molecule has 0 unspecified atom stereocenters. The number of amides is 2. The molecule has 17 heavy (non-hydrogen) atoms. The highest BCUT2D eigenvalue weighted by molar-refractivity contribution is 6.19. The lowest BCUT2D eigenvalue weighted by Crippen LogP contribution is -2.45. The number of hydrogen-bond donors (Lipinski definition) is 0. The van der Waals surface area contributed by atoms with Gasteiger partial charge in [-0.3, -0.25) is 9.59 Å². The lowest BCUT2D eigenvalue weighted by molar-refractivity contribution is -0.143. The van der Waals surface area contributed by atoms with Crippen LogP contribution in [0, 0.1) is 5.41 Å². The van der Waals surface area contributed by atoms with Crippen LogP contribution in [0.25, 0.3) is 0 Å². The van der Waals surface area contributed by atoms with Crippen molar-refractivity contribution in [2.75, 3.05) is 32.6 Å². The summed E-state index contributed by atoms with van der Waals surface area (Å²) in [5.74, 6) is 0.111. The maximum Gasteiger partial charge on any atom is 0.242 e. The zero-order valence-corrected chi connectivity index (χ0v) is 12.2. The first kappa shape index (κ1) is 16.2. The van der Waals surface area contributed by atoms with E-state index in [1.807, 2.05) is 13.8 Å². The first-order valence-corrected chi connectivity index (χ1v) is 6.42. The lowest BCUT2D eigenvalue weighted by atomic mass is 9.94. The fourth-order valence-corrected chi connectivity index (χ4v) is 1.64. The molecular formula is C12H23ClN2O2. The molecule has 0 rings (SSSR count). The molecule has 0 aromatic heterocycles. The minimum Gasteiger partial charge on any atom is -0.342 e. The number of rotatable bonds is 6. The molecule has 100 valence electrons. The maximum atomic E-state index is 12.0. The van der Waals surface area contributed by atoms with Gasteiger partial charge in [0.05, 0.1) is 12.0 Å². The molecule has 0 aromatic rings. The van der Waals surface area contributed by atoms with E-state index in [4.69, 9.17) is 11.6 Å². The number of halogens is 1. The second-order valence-corrected chi connectivity index (χ2v) is 5.01. The predicted octanol–water partition coefficient (Wildman–Crippen LogP) is 1.58. The molecule has 0 saturated heterocycles. The van der Waals surface area contributed by atoms with Crippen LogP contribution < -0.4 is 0 Å². The number of carbonyl (C=O) groups excluding carboxylic acids is 2. The van der Waals surface area contributed by atoms with E-state index in [2.05, 4.69) is 0 Å². The highest BCUT2D eigenvalue weighted by Crippen LogP contribution is 2.19. The summed E-state index contributed by atoms with van der Waals surface area (Å²) in [6.07, 6.45) is 0. The predicted molar refractivity (Wildman–Crippen MR) is 70.1 cm³/mol. The Hall–Kier alpha value is -0.770. The second-order valence-electron chi connectivity index (χ2n) is 4.74. The summed E-state index contributed by atoms with van der Waals surface area (Å²) < 4.78 is 0. The Morgan fingerprint density at radius 1 is 1.18 bits per heavy atom. The summed E-state index contributed by atoms with van der Waals surface area (Å²) in [6.45, 7) is 8.84. The highest BCUT2D eigenvalue weighted by atomic mass is 35.5. The molecule has 0 fully saturated rings. The van der Waals surface area contributed by atoms with E-state index in [0.717, 1.165) is 0 Å². The Labute approximate surface area is 109 Å². The molecule has 0 bridgehead atoms. The quantitative estimate of drug-likeness (QED) is 0.682. The molecule has 0 aliphatic carbocycles. The van der Waals surface area contributed by atoms with E-state index < -0.39 is 5.41 Å². The Kier molecular flexibility index (Phi) is 6.53. The van der Waals surface area contributed by atoms with Gasteiger partial charge in [0.25, 0.3) is 0 Å². The Balaban J connectivity index is 4.50. The smallest absolute Gasteiger partial charge is 0.242 e. The summed E-state index contributed by atoms with van der Waals surface area (Å²) in [6, 6.07) is 0. The third kappa shape index (κ3) is 4.54. The van der Waals surface area contributed by atoms with Gasteiger partial charge in [0.2, 0.25) is 11.8 Å². The van der Waals surface area contributed by atoms with Crippen LogP contribution in [0.5, 0.6) is 0 Å². The molecule has 0 aromatic carbocycles. The molecule has 0 saturated carbocycles. The highest BCUT2D eigenvalue weighted by Gasteiger charge is 2.30. The molecule has 4 nitrogen and oxygen atoms in total. The van der Waals surface area contributed by atoms with E-state index in [0.29, 0.717) is 13.1 Å². The van der Waals surface area contributed by atoms with Gasteiger partial charge >= 0.3 is 0 Å². The Bertz CT molecular complexity index is 276. The molecule has 0 atom stereocenters. The van der Waals surface area contributed by atoms with Crippen molar-refractivity contribution in [2.45, 2.75) is 27.7 Å². The van der Waals surface area contributed by atoms with Crippen molar-refractivity contribution in [2.24, 2.45) is 5.41 Å². The number of hydrogen-bond acceptors (Lipinski definition) is 2. The normalized spacial score (nSPS) is 11.2. The maximum absolute atomic E-state index is 12.0. The van der Waals surface area contributed by atoms with Crippen molar-refractivity contribution in [1.82, 2.24) is 9.80 Å². The SMILES string of the molecule is CCN(CC)C(=O)CN(C)C(=O)C(C)(C)CCl. The fourth-order valence-electron chi connectivity index (χ4n) is 1.52. The van der Waals surface area contributed by atoms with Crippen LogP contribution in [0.1, 0.15) is 27.7 Å². The zero-order chi connectivity index (χ0) is 13.6. The van der Waals surface area contributed by atoms with Crippen molar-refractivity contribution in [3.8, 4) is 0 Å². The van der Waals surface area contributed by atoms with E-state index in [1.54, 1.807) is 25.8 Å². The third-order valence-electron chi connectivity index (χ3n) is 2.75. The van der Waals surface area contributed by atoms with Gasteiger partial charge in [-0.15, -0.1) is 11.6 Å². The molecular weight excluding hydrogens is 240 g/mol. The molecule has 0 N–H and O–H groups in total. The summed E-state index contributed by atoms with van der Waals surface area (Å²) in [5.41, 5.74) is -0.625. The van der Waals surface area contributed by atoms with Gasteiger partial charge in [-0.05, 0) is 27.7 Å². The summed E-state index contributed by atoms with van der Waals surface area (Å²) >= 11 is 5.74. The van der Waals surface area contributed by atoms with Gasteiger partial charge in [0, 0.05) is 26.0 Å².